The molecule has 0 spiro atoms. The quantitative estimate of drug-likeness (QED) is 0.773. The van der Waals surface area contributed by atoms with Crippen LogP contribution in [0.5, 0.6) is 0 Å². The van der Waals surface area contributed by atoms with Gasteiger partial charge in [0, 0.05) is 12.6 Å². The molecule has 0 bridgehead atoms. The molecule has 2 rings (SSSR count). The van der Waals surface area contributed by atoms with Gasteiger partial charge in [0.1, 0.15) is 4.90 Å². The first-order chi connectivity index (χ1) is 9.53. The summed E-state index contributed by atoms with van der Waals surface area (Å²) < 4.78 is 27.7. The van der Waals surface area contributed by atoms with Gasteiger partial charge in [-0.1, -0.05) is 12.1 Å². The molecule has 5 nitrogen and oxygen atoms in total. The Balaban J connectivity index is 2.14. The van der Waals surface area contributed by atoms with Crippen molar-refractivity contribution in [3.05, 3.63) is 24.3 Å². The number of sulfonamides is 1. The van der Waals surface area contributed by atoms with E-state index in [1.807, 2.05) is 13.0 Å². The number of rotatable bonds is 5. The summed E-state index contributed by atoms with van der Waals surface area (Å²) in [5.41, 5.74) is 0.623. The topological polar surface area (TPSA) is 78.4 Å². The van der Waals surface area contributed by atoms with E-state index in [0.717, 1.165) is 0 Å². The van der Waals surface area contributed by atoms with Gasteiger partial charge in [0.05, 0.1) is 11.8 Å². The summed E-state index contributed by atoms with van der Waals surface area (Å²) >= 11 is 0. The zero-order valence-corrected chi connectivity index (χ0v) is 12.5. The van der Waals surface area contributed by atoms with Crippen LogP contribution in [0.15, 0.2) is 29.2 Å². The second-order valence-electron chi connectivity index (χ2n) is 5.15. The van der Waals surface area contributed by atoms with Crippen LogP contribution in [0.4, 0.5) is 5.69 Å². The third-order valence-electron chi connectivity index (χ3n) is 3.56. The van der Waals surface area contributed by atoms with Gasteiger partial charge in [0.25, 0.3) is 0 Å². The third kappa shape index (κ3) is 3.71. The Morgan fingerprint density at radius 2 is 1.85 bits per heavy atom. The van der Waals surface area contributed by atoms with Crippen molar-refractivity contribution in [1.82, 2.24) is 4.72 Å². The van der Waals surface area contributed by atoms with E-state index in [9.17, 15) is 13.5 Å². The highest BCUT2D eigenvalue weighted by molar-refractivity contribution is 7.89. The molecule has 1 aliphatic rings. The van der Waals surface area contributed by atoms with Crippen molar-refractivity contribution in [3.63, 3.8) is 0 Å². The predicted molar refractivity (Wildman–Crippen MR) is 79.2 cm³/mol. The number of aliphatic hydroxyl groups is 1. The second kappa shape index (κ2) is 6.56. The lowest BCUT2D eigenvalue weighted by Crippen LogP contribution is -2.38. The summed E-state index contributed by atoms with van der Waals surface area (Å²) in [4.78, 5) is 0.285. The van der Waals surface area contributed by atoms with E-state index in [1.54, 1.807) is 18.2 Å². The molecule has 0 unspecified atom stereocenters. The van der Waals surface area contributed by atoms with Crippen LogP contribution in [0.1, 0.15) is 32.6 Å². The molecule has 6 heteroatoms. The SMILES string of the molecule is CCNc1ccccc1S(=O)(=O)NC1CCC(O)CC1. The number of anilines is 1. The van der Waals surface area contributed by atoms with Crippen LogP contribution < -0.4 is 10.0 Å². The van der Waals surface area contributed by atoms with Gasteiger partial charge in [-0.05, 0) is 44.7 Å². The number of benzene rings is 1. The van der Waals surface area contributed by atoms with Gasteiger partial charge in [-0.15, -0.1) is 0 Å². The van der Waals surface area contributed by atoms with Crippen molar-refractivity contribution >= 4 is 15.7 Å². The summed E-state index contributed by atoms with van der Waals surface area (Å²) in [6.07, 6.45) is 2.39. The highest BCUT2D eigenvalue weighted by Gasteiger charge is 2.26. The number of para-hydroxylation sites is 1. The van der Waals surface area contributed by atoms with Crippen LogP contribution in [-0.2, 0) is 10.0 Å². The standard InChI is InChI=1S/C14H22N2O3S/c1-2-15-13-5-3-4-6-14(13)20(18,19)16-11-7-9-12(17)10-8-11/h3-6,11-12,15-17H,2,7-10H2,1H3. The largest absolute Gasteiger partial charge is 0.393 e. The van der Waals surface area contributed by atoms with E-state index in [0.29, 0.717) is 37.9 Å². The lowest BCUT2D eigenvalue weighted by molar-refractivity contribution is 0.120. The third-order valence-corrected chi connectivity index (χ3v) is 5.14. The monoisotopic (exact) mass is 298 g/mol. The lowest BCUT2D eigenvalue weighted by Gasteiger charge is -2.26. The number of hydrogen-bond acceptors (Lipinski definition) is 4. The Kier molecular flexibility index (Phi) is 5.01. The molecular formula is C14H22N2O3S. The summed E-state index contributed by atoms with van der Waals surface area (Å²) in [6.45, 7) is 2.60. The van der Waals surface area contributed by atoms with Gasteiger partial charge in [-0.25, -0.2) is 13.1 Å². The molecule has 20 heavy (non-hydrogen) atoms. The first-order valence-electron chi connectivity index (χ1n) is 7.06. The van der Waals surface area contributed by atoms with Crippen molar-refractivity contribution < 1.29 is 13.5 Å². The minimum atomic E-state index is -3.52. The highest BCUT2D eigenvalue weighted by Crippen LogP contribution is 2.24. The zero-order chi connectivity index (χ0) is 14.6. The molecule has 0 radical (unpaired) electrons. The molecule has 0 aromatic heterocycles. The van der Waals surface area contributed by atoms with Crippen LogP contribution >= 0.6 is 0 Å². The minimum Gasteiger partial charge on any atom is -0.393 e. The minimum absolute atomic E-state index is 0.0851. The van der Waals surface area contributed by atoms with E-state index in [4.69, 9.17) is 0 Å². The molecule has 1 saturated carbocycles. The van der Waals surface area contributed by atoms with Gasteiger partial charge in [-0.2, -0.15) is 0 Å². The van der Waals surface area contributed by atoms with Crippen LogP contribution in [0.3, 0.4) is 0 Å². The normalized spacial score (nSPS) is 23.5. The fourth-order valence-electron chi connectivity index (χ4n) is 2.51. The summed E-state index contributed by atoms with van der Waals surface area (Å²) in [5, 5.41) is 12.5. The van der Waals surface area contributed by atoms with Crippen LogP contribution in [0.25, 0.3) is 0 Å². The summed E-state index contributed by atoms with van der Waals surface area (Å²) in [5.74, 6) is 0. The van der Waals surface area contributed by atoms with Crippen molar-refractivity contribution in [2.24, 2.45) is 0 Å². The van der Waals surface area contributed by atoms with E-state index in [-0.39, 0.29) is 17.0 Å². The smallest absolute Gasteiger partial charge is 0.242 e. The van der Waals surface area contributed by atoms with Crippen molar-refractivity contribution in [1.29, 1.82) is 0 Å². The maximum absolute atomic E-state index is 12.5. The molecule has 0 amide bonds. The van der Waals surface area contributed by atoms with Crippen LogP contribution in [-0.4, -0.2) is 32.2 Å². The van der Waals surface area contributed by atoms with Gasteiger partial charge in [-0.3, -0.25) is 0 Å². The highest BCUT2D eigenvalue weighted by atomic mass is 32.2. The predicted octanol–water partition coefficient (Wildman–Crippen LogP) is 1.70. The van der Waals surface area contributed by atoms with Gasteiger partial charge < -0.3 is 10.4 Å². The lowest BCUT2D eigenvalue weighted by atomic mass is 9.94. The number of aliphatic hydroxyl groups excluding tert-OH is 1. The molecule has 1 aromatic rings. The van der Waals surface area contributed by atoms with Gasteiger partial charge in [0.15, 0.2) is 0 Å². The van der Waals surface area contributed by atoms with E-state index < -0.39 is 10.0 Å². The maximum Gasteiger partial charge on any atom is 0.242 e. The van der Waals surface area contributed by atoms with Crippen LogP contribution in [0.2, 0.25) is 0 Å². The Bertz CT molecular complexity index is 537. The molecular weight excluding hydrogens is 276 g/mol. The molecule has 112 valence electrons. The Morgan fingerprint density at radius 1 is 1.20 bits per heavy atom. The van der Waals surface area contributed by atoms with E-state index >= 15 is 0 Å². The molecule has 1 fully saturated rings. The second-order valence-corrected chi connectivity index (χ2v) is 6.84. The maximum atomic E-state index is 12.5. The van der Waals surface area contributed by atoms with Crippen molar-refractivity contribution in [3.8, 4) is 0 Å². The first-order valence-corrected chi connectivity index (χ1v) is 8.54. The zero-order valence-electron chi connectivity index (χ0n) is 11.7. The first kappa shape index (κ1) is 15.3. The summed E-state index contributed by atoms with van der Waals surface area (Å²) in [7, 11) is -3.52. The molecule has 0 heterocycles. The van der Waals surface area contributed by atoms with Crippen LogP contribution in [0, 0.1) is 0 Å². The Labute approximate surface area is 120 Å². The van der Waals surface area contributed by atoms with Crippen molar-refractivity contribution in [2.75, 3.05) is 11.9 Å². The van der Waals surface area contributed by atoms with E-state index in [2.05, 4.69) is 10.0 Å². The molecule has 1 aromatic carbocycles. The average Bonchev–Trinajstić information content (AvgIpc) is 2.42. The van der Waals surface area contributed by atoms with E-state index in [1.165, 1.54) is 0 Å². The molecule has 0 saturated heterocycles. The fraction of sp³-hybridized carbons (Fsp3) is 0.571. The molecule has 3 N–H and O–H groups in total. The van der Waals surface area contributed by atoms with Gasteiger partial charge >= 0.3 is 0 Å². The number of nitrogens with one attached hydrogen (secondary N) is 2. The van der Waals surface area contributed by atoms with Gasteiger partial charge in [0.2, 0.25) is 10.0 Å². The molecule has 0 aliphatic heterocycles. The molecule has 0 atom stereocenters. The fourth-order valence-corrected chi connectivity index (χ4v) is 4.00. The Morgan fingerprint density at radius 3 is 2.50 bits per heavy atom. The molecule has 1 aliphatic carbocycles. The average molecular weight is 298 g/mol. The Hall–Kier alpha value is -1.11. The van der Waals surface area contributed by atoms with Crippen molar-refractivity contribution in [2.45, 2.75) is 49.6 Å². The number of hydrogen-bond donors (Lipinski definition) is 3. The summed E-state index contributed by atoms with van der Waals surface area (Å²) in [6, 6.07) is 6.83.